The summed E-state index contributed by atoms with van der Waals surface area (Å²) >= 11 is 0. The molecule has 1 nitrogen and oxygen atoms in total. The molecule has 0 fully saturated rings. The Bertz CT molecular complexity index is 334. The fourth-order valence-electron chi connectivity index (χ4n) is 3.11. The summed E-state index contributed by atoms with van der Waals surface area (Å²) in [7, 11) is 0. The molecule has 0 atom stereocenters. The average Bonchev–Trinajstić information content (AvgIpc) is 2.31. The van der Waals surface area contributed by atoms with Crippen LogP contribution in [0.15, 0.2) is 23.8 Å². The van der Waals surface area contributed by atoms with E-state index in [9.17, 15) is 4.79 Å². The number of allylic oxidation sites excluding steroid dienone is 3. The fraction of sp³-hybridized carbons (Fsp3) is 0.706. The molecule has 1 heteroatoms. The molecule has 0 aromatic rings. The Balaban J connectivity index is 2.34. The van der Waals surface area contributed by atoms with Gasteiger partial charge in [-0.15, -0.1) is 0 Å². The van der Waals surface area contributed by atoms with Gasteiger partial charge < -0.3 is 0 Å². The van der Waals surface area contributed by atoms with Gasteiger partial charge in [0.15, 0.2) is 5.78 Å². The molecule has 0 bridgehead atoms. The van der Waals surface area contributed by atoms with Crippen LogP contribution in [0, 0.1) is 5.41 Å². The van der Waals surface area contributed by atoms with Crippen LogP contribution in [0.2, 0.25) is 0 Å². The largest absolute Gasteiger partial charge is 0.295 e. The predicted octanol–water partition coefficient (Wildman–Crippen LogP) is 5.22. The molecule has 0 saturated carbocycles. The Hall–Kier alpha value is -0.850. The van der Waals surface area contributed by atoms with Crippen molar-refractivity contribution in [3.63, 3.8) is 0 Å². The third-order valence-corrected chi connectivity index (χ3v) is 4.26. The molecular weight excluding hydrogens is 220 g/mol. The van der Waals surface area contributed by atoms with Crippen molar-refractivity contribution in [2.24, 2.45) is 5.41 Å². The lowest BCUT2D eigenvalue weighted by atomic mass is 9.71. The van der Waals surface area contributed by atoms with Crippen LogP contribution < -0.4 is 0 Å². The van der Waals surface area contributed by atoms with Gasteiger partial charge >= 0.3 is 0 Å². The zero-order valence-corrected chi connectivity index (χ0v) is 12.3. The van der Waals surface area contributed by atoms with Gasteiger partial charge in [0.25, 0.3) is 0 Å². The molecule has 0 unspecified atom stereocenters. The molecular formula is C17H28O. The second kappa shape index (κ2) is 6.92. The molecule has 0 spiro atoms. The maximum atomic E-state index is 11.1. The monoisotopic (exact) mass is 248 g/mol. The Morgan fingerprint density at radius 1 is 1.33 bits per heavy atom. The Labute approximate surface area is 112 Å². The van der Waals surface area contributed by atoms with Crippen molar-refractivity contribution in [3.8, 4) is 0 Å². The number of rotatable bonds is 7. The fourth-order valence-corrected chi connectivity index (χ4v) is 3.11. The highest BCUT2D eigenvalue weighted by Crippen LogP contribution is 2.42. The Kier molecular flexibility index (Phi) is 5.84. The normalized spacial score (nSPS) is 18.8. The Morgan fingerprint density at radius 2 is 2.06 bits per heavy atom. The SMILES string of the molecule is C=CC(=O)CCCCCC1=C(C)CCCC1(C)C. The van der Waals surface area contributed by atoms with Gasteiger partial charge in [-0.1, -0.05) is 38.0 Å². The zero-order chi connectivity index (χ0) is 13.6. The van der Waals surface area contributed by atoms with E-state index in [2.05, 4.69) is 27.4 Å². The third kappa shape index (κ3) is 4.44. The lowest BCUT2D eigenvalue weighted by Gasteiger charge is -2.34. The van der Waals surface area contributed by atoms with Crippen LogP contribution in [0.3, 0.4) is 0 Å². The number of unbranched alkanes of at least 4 members (excludes halogenated alkanes) is 2. The van der Waals surface area contributed by atoms with Gasteiger partial charge in [0, 0.05) is 6.42 Å². The first-order valence-corrected chi connectivity index (χ1v) is 7.32. The van der Waals surface area contributed by atoms with E-state index in [0.717, 1.165) is 12.8 Å². The maximum absolute atomic E-state index is 11.1. The van der Waals surface area contributed by atoms with Crippen LogP contribution in [0.5, 0.6) is 0 Å². The summed E-state index contributed by atoms with van der Waals surface area (Å²) in [5, 5.41) is 0. The highest BCUT2D eigenvalue weighted by atomic mass is 16.1. The van der Waals surface area contributed by atoms with Crippen molar-refractivity contribution >= 4 is 5.78 Å². The lowest BCUT2D eigenvalue weighted by Crippen LogP contribution is -2.20. The van der Waals surface area contributed by atoms with Crippen molar-refractivity contribution in [1.82, 2.24) is 0 Å². The van der Waals surface area contributed by atoms with Crippen LogP contribution in [-0.4, -0.2) is 5.78 Å². The van der Waals surface area contributed by atoms with E-state index < -0.39 is 0 Å². The standard InChI is InChI=1S/C17H28O/c1-5-15(18)11-7-6-8-12-16-14(2)10-9-13-17(16,3)4/h5H,1,6-13H2,2-4H3. The maximum Gasteiger partial charge on any atom is 0.155 e. The number of ketones is 1. The summed E-state index contributed by atoms with van der Waals surface area (Å²) in [6, 6.07) is 0. The molecule has 1 rings (SSSR count). The van der Waals surface area contributed by atoms with Gasteiger partial charge in [0.1, 0.15) is 0 Å². The van der Waals surface area contributed by atoms with Crippen molar-refractivity contribution in [3.05, 3.63) is 23.8 Å². The van der Waals surface area contributed by atoms with Crippen molar-refractivity contribution in [1.29, 1.82) is 0 Å². The average molecular weight is 248 g/mol. The van der Waals surface area contributed by atoms with E-state index in [4.69, 9.17) is 0 Å². The summed E-state index contributed by atoms with van der Waals surface area (Å²) < 4.78 is 0. The topological polar surface area (TPSA) is 17.1 Å². The summed E-state index contributed by atoms with van der Waals surface area (Å²) in [6.45, 7) is 10.6. The highest BCUT2D eigenvalue weighted by Gasteiger charge is 2.27. The second-order valence-corrected chi connectivity index (χ2v) is 6.23. The summed E-state index contributed by atoms with van der Waals surface area (Å²) in [5.41, 5.74) is 3.71. The van der Waals surface area contributed by atoms with E-state index in [1.54, 1.807) is 11.1 Å². The lowest BCUT2D eigenvalue weighted by molar-refractivity contribution is -0.114. The summed E-state index contributed by atoms with van der Waals surface area (Å²) in [5.74, 6) is 0.184. The molecule has 0 aliphatic heterocycles. The van der Waals surface area contributed by atoms with Gasteiger partial charge in [0.05, 0.1) is 0 Å². The molecule has 0 heterocycles. The molecule has 1 aliphatic rings. The quantitative estimate of drug-likeness (QED) is 0.343. The van der Waals surface area contributed by atoms with Gasteiger partial charge in [-0.2, -0.15) is 0 Å². The first-order chi connectivity index (χ1) is 8.47. The molecule has 0 amide bonds. The Morgan fingerprint density at radius 3 is 2.67 bits per heavy atom. The first-order valence-electron chi connectivity index (χ1n) is 7.32. The number of carbonyl (C=O) groups excluding carboxylic acids is 1. The molecule has 0 radical (unpaired) electrons. The minimum absolute atomic E-state index is 0.184. The zero-order valence-electron chi connectivity index (χ0n) is 12.3. The molecule has 18 heavy (non-hydrogen) atoms. The van der Waals surface area contributed by atoms with Gasteiger partial charge in [0.2, 0.25) is 0 Å². The van der Waals surface area contributed by atoms with Crippen LogP contribution in [0.4, 0.5) is 0 Å². The van der Waals surface area contributed by atoms with Crippen LogP contribution in [0.25, 0.3) is 0 Å². The number of hydrogen-bond acceptors (Lipinski definition) is 1. The van der Waals surface area contributed by atoms with E-state index in [1.807, 2.05) is 0 Å². The van der Waals surface area contributed by atoms with Gasteiger partial charge in [-0.05, 0) is 56.9 Å². The summed E-state index contributed by atoms with van der Waals surface area (Å²) in [6.07, 6.45) is 10.7. The van der Waals surface area contributed by atoms with E-state index in [1.165, 1.54) is 38.2 Å². The van der Waals surface area contributed by atoms with Crippen molar-refractivity contribution in [2.45, 2.75) is 72.1 Å². The minimum atomic E-state index is 0.184. The summed E-state index contributed by atoms with van der Waals surface area (Å²) in [4.78, 5) is 11.1. The molecule has 102 valence electrons. The minimum Gasteiger partial charge on any atom is -0.295 e. The first kappa shape index (κ1) is 15.2. The highest BCUT2D eigenvalue weighted by molar-refractivity contribution is 5.88. The third-order valence-electron chi connectivity index (χ3n) is 4.26. The molecule has 0 saturated heterocycles. The van der Waals surface area contributed by atoms with Gasteiger partial charge in [-0.25, -0.2) is 0 Å². The van der Waals surface area contributed by atoms with Crippen molar-refractivity contribution < 1.29 is 4.79 Å². The smallest absolute Gasteiger partial charge is 0.155 e. The molecule has 0 aromatic carbocycles. The van der Waals surface area contributed by atoms with E-state index >= 15 is 0 Å². The number of hydrogen-bond donors (Lipinski definition) is 0. The van der Waals surface area contributed by atoms with Crippen molar-refractivity contribution in [2.75, 3.05) is 0 Å². The van der Waals surface area contributed by atoms with E-state index in [0.29, 0.717) is 11.8 Å². The predicted molar refractivity (Wildman–Crippen MR) is 78.6 cm³/mol. The molecule has 0 aromatic heterocycles. The van der Waals surface area contributed by atoms with Gasteiger partial charge in [-0.3, -0.25) is 4.79 Å². The molecule has 0 N–H and O–H groups in total. The number of carbonyl (C=O) groups is 1. The second-order valence-electron chi connectivity index (χ2n) is 6.23. The van der Waals surface area contributed by atoms with E-state index in [-0.39, 0.29) is 5.78 Å². The van der Waals surface area contributed by atoms with Crippen LogP contribution in [0.1, 0.15) is 72.1 Å². The van der Waals surface area contributed by atoms with Crippen LogP contribution >= 0.6 is 0 Å². The van der Waals surface area contributed by atoms with Crippen LogP contribution in [-0.2, 0) is 4.79 Å². The molecule has 1 aliphatic carbocycles.